The van der Waals surface area contributed by atoms with Crippen molar-refractivity contribution in [3.63, 3.8) is 0 Å². The van der Waals surface area contributed by atoms with Gasteiger partial charge in [0.05, 0.1) is 12.1 Å². The summed E-state index contributed by atoms with van der Waals surface area (Å²) < 4.78 is 16.4. The van der Waals surface area contributed by atoms with Crippen LogP contribution in [-0.2, 0) is 16.1 Å². The van der Waals surface area contributed by atoms with Crippen molar-refractivity contribution < 1.29 is 23.9 Å². The first-order valence-electron chi connectivity index (χ1n) is 12.0. The highest BCUT2D eigenvalue weighted by Crippen LogP contribution is 2.28. The number of hydrogen-bond acceptors (Lipinski definition) is 8. The molecule has 0 unspecified atom stereocenters. The summed E-state index contributed by atoms with van der Waals surface area (Å²) in [4.78, 5) is 51.8. The number of Topliss-reactive ketones (excluding diaryl/α,β-unsaturated/α-hetero) is 1. The summed E-state index contributed by atoms with van der Waals surface area (Å²) in [5.41, 5.74) is 2.70. The van der Waals surface area contributed by atoms with Crippen molar-refractivity contribution in [1.82, 2.24) is 29.6 Å². The molecule has 2 N–H and O–H groups in total. The second kappa shape index (κ2) is 10.5. The third-order valence-corrected chi connectivity index (χ3v) is 6.96. The largest absolute Gasteiger partial charge is 0.479 e. The van der Waals surface area contributed by atoms with Crippen molar-refractivity contribution in [3.05, 3.63) is 58.6 Å². The first kappa shape index (κ1) is 26.4. The van der Waals surface area contributed by atoms with E-state index in [1.807, 2.05) is 0 Å². The summed E-state index contributed by atoms with van der Waals surface area (Å²) >= 11 is 3.27. The van der Waals surface area contributed by atoms with Crippen LogP contribution < -0.4 is 5.32 Å². The van der Waals surface area contributed by atoms with Crippen molar-refractivity contribution in [1.29, 1.82) is 0 Å². The van der Waals surface area contributed by atoms with Crippen molar-refractivity contribution in [2.45, 2.75) is 39.0 Å². The lowest BCUT2D eigenvalue weighted by Gasteiger charge is -2.24. The summed E-state index contributed by atoms with van der Waals surface area (Å²) in [7, 11) is 0. The van der Waals surface area contributed by atoms with Crippen LogP contribution in [0.4, 0.5) is 10.2 Å². The SMILES string of the molecule is CC(=O)c1nn(CC(=O)N2C[C@H](F)C[C@H]2C(=O)Nc2nc(Br)ccc2C)c2ccc(-c3cnc(O)nc3)cc12. The van der Waals surface area contributed by atoms with E-state index in [4.69, 9.17) is 0 Å². The number of amides is 2. The topological polar surface area (TPSA) is 143 Å². The highest BCUT2D eigenvalue weighted by molar-refractivity contribution is 9.10. The number of aryl methyl sites for hydroxylation is 1. The Morgan fingerprint density at radius 3 is 2.62 bits per heavy atom. The maximum Gasteiger partial charge on any atom is 0.313 e. The number of carbonyl (C=O) groups excluding carboxylic acids is 3. The van der Waals surface area contributed by atoms with Gasteiger partial charge in [0.15, 0.2) is 5.78 Å². The number of hydrogen-bond donors (Lipinski definition) is 2. The number of halogens is 2. The summed E-state index contributed by atoms with van der Waals surface area (Å²) in [6, 6.07) is 7.31. The number of aromatic hydroxyl groups is 1. The van der Waals surface area contributed by atoms with Gasteiger partial charge in [-0.2, -0.15) is 5.10 Å². The van der Waals surface area contributed by atoms with E-state index in [0.717, 1.165) is 5.56 Å². The molecule has 0 aliphatic carbocycles. The zero-order chi connectivity index (χ0) is 27.8. The van der Waals surface area contributed by atoms with Gasteiger partial charge in [0.1, 0.15) is 34.9 Å². The summed E-state index contributed by atoms with van der Waals surface area (Å²) in [6.07, 6.45) is 1.39. The fraction of sp³-hybridized carbons (Fsp3) is 0.269. The quantitative estimate of drug-likeness (QED) is 0.255. The monoisotopic (exact) mass is 595 g/mol. The molecule has 13 heteroatoms. The van der Waals surface area contributed by atoms with E-state index < -0.39 is 24.0 Å². The summed E-state index contributed by atoms with van der Waals surface area (Å²) in [5.74, 6) is -1.02. The smallest absolute Gasteiger partial charge is 0.313 e. The second-order valence-corrected chi connectivity index (χ2v) is 10.1. The van der Waals surface area contributed by atoms with E-state index in [2.05, 4.69) is 41.3 Å². The van der Waals surface area contributed by atoms with Crippen molar-refractivity contribution in [3.8, 4) is 17.1 Å². The van der Waals surface area contributed by atoms with Crippen LogP contribution in [0.5, 0.6) is 6.01 Å². The molecule has 3 aromatic heterocycles. The molecule has 5 rings (SSSR count). The number of anilines is 1. The Morgan fingerprint density at radius 1 is 1.15 bits per heavy atom. The molecule has 1 fully saturated rings. The Balaban J connectivity index is 1.41. The molecule has 2 atom stereocenters. The standard InChI is InChI=1S/C26H23BrFN7O4/c1-13-3-6-21(27)31-24(13)32-25(38)20-8-17(28)11-34(20)22(37)12-35-19-5-4-15(16-9-29-26(39)30-10-16)7-18(19)23(33-35)14(2)36/h3-7,9-10,17,20H,8,11-12H2,1-2H3,(H,29,30,39)(H,31,32,38)/t17-,20+/m1/s1. The molecule has 11 nitrogen and oxygen atoms in total. The molecule has 1 aliphatic rings. The zero-order valence-electron chi connectivity index (χ0n) is 20.9. The van der Waals surface area contributed by atoms with Gasteiger partial charge in [0.25, 0.3) is 0 Å². The molecular weight excluding hydrogens is 573 g/mol. The molecule has 39 heavy (non-hydrogen) atoms. The average molecular weight is 596 g/mol. The molecule has 1 aromatic carbocycles. The van der Waals surface area contributed by atoms with Crippen LogP contribution in [0.3, 0.4) is 0 Å². The average Bonchev–Trinajstić information content (AvgIpc) is 3.47. The number of likely N-dealkylation sites (tertiary alicyclic amines) is 1. The Bertz CT molecular complexity index is 1610. The molecule has 4 heterocycles. The molecule has 200 valence electrons. The van der Waals surface area contributed by atoms with Gasteiger partial charge >= 0.3 is 6.01 Å². The minimum atomic E-state index is -1.36. The molecule has 0 spiro atoms. The van der Waals surface area contributed by atoms with E-state index in [-0.39, 0.29) is 37.0 Å². The Morgan fingerprint density at radius 2 is 1.90 bits per heavy atom. The Labute approximate surface area is 230 Å². The number of benzene rings is 1. The Kier molecular flexibility index (Phi) is 7.08. The van der Waals surface area contributed by atoms with Crippen LogP contribution in [0.2, 0.25) is 0 Å². The van der Waals surface area contributed by atoms with E-state index >= 15 is 0 Å². The maximum absolute atomic E-state index is 14.5. The van der Waals surface area contributed by atoms with Crippen LogP contribution in [0.25, 0.3) is 22.0 Å². The molecule has 0 radical (unpaired) electrons. The van der Waals surface area contributed by atoms with Crippen LogP contribution in [-0.4, -0.2) is 71.1 Å². The van der Waals surface area contributed by atoms with Gasteiger partial charge in [0.2, 0.25) is 11.8 Å². The molecule has 1 aliphatic heterocycles. The lowest BCUT2D eigenvalue weighted by Crippen LogP contribution is -2.44. The van der Waals surface area contributed by atoms with Gasteiger partial charge in [-0.25, -0.2) is 19.3 Å². The fourth-order valence-corrected chi connectivity index (χ4v) is 4.88. The highest BCUT2D eigenvalue weighted by Gasteiger charge is 2.40. The maximum atomic E-state index is 14.5. The van der Waals surface area contributed by atoms with Crippen LogP contribution in [0.15, 0.2) is 47.3 Å². The van der Waals surface area contributed by atoms with E-state index in [9.17, 15) is 23.9 Å². The van der Waals surface area contributed by atoms with Gasteiger partial charge in [-0.1, -0.05) is 12.1 Å². The number of ketones is 1. The van der Waals surface area contributed by atoms with E-state index in [1.54, 1.807) is 37.3 Å². The lowest BCUT2D eigenvalue weighted by atomic mass is 10.0. The van der Waals surface area contributed by atoms with Gasteiger partial charge in [-0.15, -0.1) is 0 Å². The van der Waals surface area contributed by atoms with Crippen LogP contribution in [0, 0.1) is 6.92 Å². The molecule has 0 bridgehead atoms. The Hall–Kier alpha value is -4.26. The molecule has 0 saturated carbocycles. The first-order chi connectivity index (χ1) is 18.6. The fourth-order valence-electron chi connectivity index (χ4n) is 4.57. The number of rotatable bonds is 6. The minimum absolute atomic E-state index is 0.138. The summed E-state index contributed by atoms with van der Waals surface area (Å²) in [6.45, 7) is 2.62. The molecule has 4 aromatic rings. The first-order valence-corrected chi connectivity index (χ1v) is 12.8. The number of pyridine rings is 1. The minimum Gasteiger partial charge on any atom is -0.479 e. The van der Waals surface area contributed by atoms with Crippen molar-refractivity contribution in [2.24, 2.45) is 0 Å². The predicted molar refractivity (Wildman–Crippen MR) is 143 cm³/mol. The van der Waals surface area contributed by atoms with Gasteiger partial charge in [0, 0.05) is 36.7 Å². The lowest BCUT2D eigenvalue weighted by molar-refractivity contribution is -0.137. The van der Waals surface area contributed by atoms with Crippen molar-refractivity contribution in [2.75, 3.05) is 11.9 Å². The number of carbonyl (C=O) groups is 3. The third kappa shape index (κ3) is 5.35. The molecule has 1 saturated heterocycles. The number of aromatic nitrogens is 5. The van der Waals surface area contributed by atoms with Crippen LogP contribution in [0.1, 0.15) is 29.4 Å². The van der Waals surface area contributed by atoms with E-state index in [1.165, 1.54) is 28.9 Å². The normalized spacial score (nSPS) is 17.0. The zero-order valence-corrected chi connectivity index (χ0v) is 22.5. The number of fused-ring (bicyclic) bond motifs is 1. The van der Waals surface area contributed by atoms with Crippen LogP contribution >= 0.6 is 15.9 Å². The third-order valence-electron chi connectivity index (χ3n) is 6.52. The van der Waals surface area contributed by atoms with E-state index in [0.29, 0.717) is 32.5 Å². The van der Waals surface area contributed by atoms with Gasteiger partial charge in [-0.05, 0) is 52.2 Å². The number of nitrogens with zero attached hydrogens (tertiary/aromatic N) is 6. The molecular formula is C26H23BrFN7O4. The molecule has 2 amide bonds. The van der Waals surface area contributed by atoms with Gasteiger partial charge in [-0.3, -0.25) is 19.1 Å². The van der Waals surface area contributed by atoms with Gasteiger partial charge < -0.3 is 15.3 Å². The highest BCUT2D eigenvalue weighted by atomic mass is 79.9. The number of nitrogens with one attached hydrogen (secondary N) is 1. The number of alkyl halides is 1. The second-order valence-electron chi connectivity index (χ2n) is 9.25. The van der Waals surface area contributed by atoms with Crippen molar-refractivity contribution >= 4 is 50.2 Å². The summed E-state index contributed by atoms with van der Waals surface area (Å²) in [5, 5.41) is 16.9. The predicted octanol–water partition coefficient (Wildman–Crippen LogP) is 3.45.